The van der Waals surface area contributed by atoms with Crippen molar-refractivity contribution in [2.24, 2.45) is 10.8 Å². The number of esters is 1. The second kappa shape index (κ2) is 41.6. The summed E-state index contributed by atoms with van der Waals surface area (Å²) in [4.78, 5) is 29.1. The first-order valence-electron chi connectivity index (χ1n) is 40.2. The van der Waals surface area contributed by atoms with Crippen molar-refractivity contribution in [3.8, 4) is 0 Å². The summed E-state index contributed by atoms with van der Waals surface area (Å²) in [7, 11) is -24.6. The number of thioether (sulfide) groups is 2. The molecular formula is C89H103ClF10N4O10P2S6+2. The molecule has 0 N–H and O–H groups in total. The van der Waals surface area contributed by atoms with Gasteiger partial charge in [-0.1, -0.05) is 210 Å². The number of anilines is 2. The normalized spacial score (nSPS) is 18.0. The molecule has 0 fully saturated rings. The molecule has 2 aliphatic heterocycles. The molecule has 2 aromatic heterocycles. The van der Waals surface area contributed by atoms with Crippen molar-refractivity contribution in [1.29, 1.82) is 0 Å². The van der Waals surface area contributed by atoms with E-state index in [9.17, 15) is 63.6 Å². The van der Waals surface area contributed by atoms with Gasteiger partial charge < -0.3 is 14.5 Å². The molecule has 14 nitrogen and oxygen atoms in total. The van der Waals surface area contributed by atoms with Crippen LogP contribution >= 0.6 is 74.1 Å². The molecular weight excluding hydrogens is 1760 g/mol. The SMILES string of the molecule is CCC[n+]1c(/C=C/C2=C(Cl)C(=C/C=C3\Sc4c(ccc5ccccc45)N3CCS(=O)(=O)OCC(C)(C)C)/CCC2)sc2c3ccccc3ccc21.CCC[n+]1c(/C=C/C2=CC(=C/C3=CC(=C/C=C4\Sc5cc(C(=O)OCC)ccc5N4CCS(=O)(=O)OCC(C)(C)C)/CCC3)/CCC2)sc2cc(COOCC)ccc21.FP(F)(F)(F)F.FP(F)(F)(F)F. The van der Waals surface area contributed by atoms with Crippen LogP contribution < -0.4 is 18.9 Å². The third-order valence-corrected chi connectivity index (χ3v) is 26.7. The molecule has 0 saturated carbocycles. The fourth-order valence-electron chi connectivity index (χ4n) is 13.9. The average molecular weight is 1870 g/mol. The summed E-state index contributed by atoms with van der Waals surface area (Å²) in [6, 6.07) is 37.6. The van der Waals surface area contributed by atoms with E-state index in [1.165, 1.54) is 75.3 Å². The fourth-order valence-corrected chi connectivity index (χ4v) is 21.0. The number of carbonyl (C=O) groups excluding carboxylic acids is 1. The van der Waals surface area contributed by atoms with Gasteiger partial charge in [0, 0.05) is 70.4 Å². The summed E-state index contributed by atoms with van der Waals surface area (Å²) in [5, 5.41) is 10.0. The first kappa shape index (κ1) is 97.2. The van der Waals surface area contributed by atoms with E-state index in [0.717, 1.165) is 147 Å². The Kier molecular flexibility index (Phi) is 33.1. The first-order chi connectivity index (χ1) is 57.3. The molecule has 0 amide bonds. The molecule has 122 heavy (non-hydrogen) atoms. The first-order valence-corrected chi connectivity index (χ1v) is 50.4. The van der Waals surface area contributed by atoms with Gasteiger partial charge in [-0.25, -0.2) is 14.6 Å². The van der Waals surface area contributed by atoms with Gasteiger partial charge in [0.2, 0.25) is 11.0 Å². The molecule has 13 rings (SSSR count). The predicted octanol–water partition coefficient (Wildman–Crippen LogP) is 28.5. The van der Waals surface area contributed by atoms with Gasteiger partial charge in [-0.15, -0.1) is 0 Å². The van der Waals surface area contributed by atoms with Gasteiger partial charge >= 0.3 is 64.3 Å². The summed E-state index contributed by atoms with van der Waals surface area (Å²) in [5.74, 6) is -0.639. The average Bonchev–Trinajstić information content (AvgIpc) is 1.62. The molecule has 0 atom stereocenters. The van der Waals surface area contributed by atoms with Gasteiger partial charge in [0.1, 0.15) is 29.1 Å². The van der Waals surface area contributed by atoms with Crippen LogP contribution in [0, 0.1) is 10.8 Å². The van der Waals surface area contributed by atoms with E-state index < -0.39 is 36.6 Å². The van der Waals surface area contributed by atoms with E-state index in [1.807, 2.05) is 100 Å². The Labute approximate surface area is 730 Å². The summed E-state index contributed by atoms with van der Waals surface area (Å²) < 4.78 is 174. The van der Waals surface area contributed by atoms with Crippen molar-refractivity contribution in [2.45, 2.75) is 169 Å². The number of hydrogen-bond donors (Lipinski definition) is 0. The monoisotopic (exact) mass is 1870 g/mol. The Balaban J connectivity index is 0.000000227. The van der Waals surface area contributed by atoms with Crippen LogP contribution in [0.25, 0.3) is 54.1 Å². The number of allylic oxidation sites excluding steroid dienone is 16. The molecule has 6 aromatic carbocycles. The van der Waals surface area contributed by atoms with Crippen LogP contribution in [0.3, 0.4) is 0 Å². The van der Waals surface area contributed by atoms with Gasteiger partial charge in [0.25, 0.3) is 30.3 Å². The number of aryl methyl sites for hydroxylation is 2. The Morgan fingerprint density at radius 1 is 0.549 bits per heavy atom. The summed E-state index contributed by atoms with van der Waals surface area (Å²) in [5.41, 5.74) is 13.0. The van der Waals surface area contributed by atoms with Crippen molar-refractivity contribution in [3.63, 3.8) is 0 Å². The van der Waals surface area contributed by atoms with Crippen LogP contribution in [-0.2, 0) is 62.8 Å². The Bertz CT molecular complexity index is 5680. The van der Waals surface area contributed by atoms with E-state index in [4.69, 9.17) is 34.5 Å². The van der Waals surface area contributed by atoms with Gasteiger partial charge in [-0.3, -0.25) is 8.37 Å². The molecule has 3 aliphatic carbocycles. The van der Waals surface area contributed by atoms with Crippen LogP contribution in [0.2, 0.25) is 0 Å². The van der Waals surface area contributed by atoms with Crippen molar-refractivity contribution < 1.29 is 95.6 Å². The number of hydrogen-bond acceptors (Lipinski definition) is 16. The van der Waals surface area contributed by atoms with Crippen molar-refractivity contribution in [2.75, 3.05) is 60.8 Å². The number of halogens is 11. The van der Waals surface area contributed by atoms with Gasteiger partial charge in [-0.2, -0.15) is 26.0 Å². The quantitative estimate of drug-likeness (QED) is 0.00703. The summed E-state index contributed by atoms with van der Waals surface area (Å²) in [6.45, 7) is 23.9. The van der Waals surface area contributed by atoms with Gasteiger partial charge in [0.05, 0.1) is 64.9 Å². The number of carbonyl (C=O) groups is 1. The Hall–Kier alpha value is -7.02. The van der Waals surface area contributed by atoms with Crippen molar-refractivity contribution in [3.05, 3.63) is 234 Å². The van der Waals surface area contributed by atoms with Crippen LogP contribution in [0.4, 0.5) is 53.3 Å². The van der Waals surface area contributed by atoms with Crippen molar-refractivity contribution >= 4 is 166 Å². The van der Waals surface area contributed by atoms with Crippen molar-refractivity contribution in [1.82, 2.24) is 0 Å². The molecule has 5 aliphatic rings. The minimum absolute atomic E-state index is 0.106. The number of benzene rings is 6. The maximum absolute atomic E-state index is 13.0. The molecule has 660 valence electrons. The Morgan fingerprint density at radius 2 is 1.09 bits per heavy atom. The molecule has 0 spiro atoms. The molecule has 0 radical (unpaired) electrons. The van der Waals surface area contributed by atoms with Crippen LogP contribution in [0.15, 0.2) is 222 Å². The topological polar surface area (TPSA) is 146 Å². The van der Waals surface area contributed by atoms with Crippen LogP contribution in [0.5, 0.6) is 0 Å². The Morgan fingerprint density at radius 3 is 1.73 bits per heavy atom. The standard InChI is InChI=1S/C47H59N2O7S3.C42H44ClN2O3S3.2F5P/c1-7-24-48-40-20-16-38(32-55-54-9-3)30-42(40)57-44(48)22-17-34-12-10-14-36(27-34)29-37-15-11-13-35(28-37)18-23-45-49(25-26-59(51,52)56-33-47(4,5)6)41-21-19-39(31-43(41)58-45)46(50)53-8-2;1-5-25-44-35-21-17-29-11-6-8-15-33(29)40(35)49-37(44)23-19-31-13-10-14-32(39(31)43)20-24-38-45(26-27-51(46,47)48-28-42(2,3)4)36-22-18-30-12-7-9-16-34(30)41(36)50-38;2*1-6(2,3,4)5/h16-23,27-31H,7-15,24-26,32-33H2,1-6H3;6-9,11-12,15-24H,5,10,13-14,25-28H2,1-4H3;;/q2*+1;;. The zero-order valence-corrected chi connectivity index (χ0v) is 77.1. The molecule has 0 unspecified atom stereocenters. The van der Waals surface area contributed by atoms with E-state index in [0.29, 0.717) is 31.9 Å². The fraction of sp³-hybridized carbons (Fsp3) is 0.382. The minimum atomic E-state index is -8.55. The summed E-state index contributed by atoms with van der Waals surface area (Å²) in [6.07, 6.45) is 35.8. The zero-order valence-electron chi connectivity index (χ0n) is 69.7. The number of nitrogens with zero attached hydrogens (tertiary/aromatic N) is 4. The molecule has 8 aromatic rings. The number of aromatic nitrogens is 2. The number of rotatable bonds is 27. The predicted molar refractivity (Wildman–Crippen MR) is 484 cm³/mol. The third-order valence-electron chi connectivity index (χ3n) is 19.2. The second-order valence-corrected chi connectivity index (χ2v) is 42.6. The third kappa shape index (κ3) is 30.1. The van der Waals surface area contributed by atoms with E-state index in [2.05, 4.69) is 174 Å². The van der Waals surface area contributed by atoms with Gasteiger partial charge in [-0.05, 0) is 192 Å². The molecule has 0 bridgehead atoms. The van der Waals surface area contributed by atoms with E-state index in [1.54, 1.807) is 24.8 Å². The molecule has 0 saturated heterocycles. The second-order valence-electron chi connectivity index (χ2n) is 31.9. The summed E-state index contributed by atoms with van der Waals surface area (Å²) >= 11 is 14.0. The number of thiazole rings is 2. The van der Waals surface area contributed by atoms with E-state index in [-0.39, 0.29) is 48.1 Å². The number of fused-ring (bicyclic) bond motifs is 8. The molecule has 33 heteroatoms. The number of ether oxygens (including phenoxy) is 1. The zero-order chi connectivity index (χ0) is 88.6. The van der Waals surface area contributed by atoms with E-state index >= 15 is 0 Å². The maximum atomic E-state index is 13.0. The molecule has 4 heterocycles. The van der Waals surface area contributed by atoms with Gasteiger partial charge in [0.15, 0.2) is 0 Å². The van der Waals surface area contributed by atoms with Crippen LogP contribution in [-0.4, -0.2) is 73.8 Å². The van der Waals surface area contributed by atoms with Crippen LogP contribution in [0.1, 0.15) is 166 Å².